The molecule has 3 rings (SSSR count). The first-order chi connectivity index (χ1) is 12.1. The van der Waals surface area contributed by atoms with Crippen LogP contribution in [-0.2, 0) is 4.79 Å². The number of nitrogens with one attached hydrogen (secondary N) is 1. The Balaban J connectivity index is 1.88. The van der Waals surface area contributed by atoms with Crippen molar-refractivity contribution in [1.82, 2.24) is 4.98 Å². The van der Waals surface area contributed by atoms with Crippen molar-refractivity contribution in [3.8, 4) is 5.75 Å². The molecule has 1 aliphatic heterocycles. The van der Waals surface area contributed by atoms with Gasteiger partial charge in [0.2, 0.25) is 5.91 Å². The number of amides is 2. The minimum Gasteiger partial charge on any atom is -0.495 e. The highest BCUT2D eigenvalue weighted by atomic mass is 32.2. The van der Waals surface area contributed by atoms with Gasteiger partial charge in [0, 0.05) is 24.8 Å². The summed E-state index contributed by atoms with van der Waals surface area (Å²) in [5.41, 5.74) is 1.81. The van der Waals surface area contributed by atoms with Crippen LogP contribution < -0.4 is 15.0 Å². The summed E-state index contributed by atoms with van der Waals surface area (Å²) in [4.78, 5) is 30.5. The van der Waals surface area contributed by atoms with Crippen LogP contribution in [0.4, 0.5) is 11.4 Å². The highest BCUT2D eigenvalue weighted by Crippen LogP contribution is 2.34. The number of thioether (sulfide) groups is 1. The van der Waals surface area contributed by atoms with E-state index in [4.69, 9.17) is 4.74 Å². The molecule has 2 heterocycles. The van der Waals surface area contributed by atoms with Crippen molar-refractivity contribution in [2.24, 2.45) is 0 Å². The van der Waals surface area contributed by atoms with Crippen molar-refractivity contribution in [1.29, 1.82) is 0 Å². The smallest absolute Gasteiger partial charge is 0.258 e. The number of pyridine rings is 1. The molecule has 1 aromatic heterocycles. The second-order valence-corrected chi connectivity index (χ2v) is 6.34. The van der Waals surface area contributed by atoms with E-state index in [2.05, 4.69) is 10.3 Å². The number of ether oxygens (including phenoxy) is 1. The fourth-order valence-corrected chi connectivity index (χ4v) is 3.35. The minimum absolute atomic E-state index is 0.0682. The van der Waals surface area contributed by atoms with Crippen LogP contribution in [0.15, 0.2) is 41.6 Å². The zero-order valence-electron chi connectivity index (χ0n) is 14.1. The first kappa shape index (κ1) is 17.3. The molecule has 0 radical (unpaired) electrons. The van der Waals surface area contributed by atoms with Gasteiger partial charge in [0.1, 0.15) is 10.8 Å². The Morgan fingerprint density at radius 1 is 1.36 bits per heavy atom. The molecule has 2 amide bonds. The van der Waals surface area contributed by atoms with E-state index in [1.165, 1.54) is 11.8 Å². The van der Waals surface area contributed by atoms with Gasteiger partial charge in [0.15, 0.2) is 0 Å². The molecule has 25 heavy (non-hydrogen) atoms. The van der Waals surface area contributed by atoms with Gasteiger partial charge in [-0.15, -0.1) is 11.8 Å². The summed E-state index contributed by atoms with van der Waals surface area (Å²) in [6.07, 6.45) is 4.90. The van der Waals surface area contributed by atoms with Crippen molar-refractivity contribution in [2.75, 3.05) is 30.1 Å². The lowest BCUT2D eigenvalue weighted by Crippen LogP contribution is -2.24. The van der Waals surface area contributed by atoms with Crippen LogP contribution in [0.3, 0.4) is 0 Å². The van der Waals surface area contributed by atoms with E-state index in [0.29, 0.717) is 40.7 Å². The SMILES string of the molecule is COc1ccc(NC(=O)c2cccnc2SC)cc1N1CCCC1=O. The third-order valence-electron chi connectivity index (χ3n) is 4.01. The van der Waals surface area contributed by atoms with Crippen LogP contribution in [0.2, 0.25) is 0 Å². The van der Waals surface area contributed by atoms with Gasteiger partial charge in [-0.25, -0.2) is 4.98 Å². The van der Waals surface area contributed by atoms with Crippen LogP contribution in [-0.4, -0.2) is 36.7 Å². The summed E-state index contributed by atoms with van der Waals surface area (Å²) >= 11 is 1.42. The van der Waals surface area contributed by atoms with Crippen molar-refractivity contribution < 1.29 is 14.3 Å². The van der Waals surface area contributed by atoms with Crippen LogP contribution in [0, 0.1) is 0 Å². The lowest BCUT2D eigenvalue weighted by atomic mass is 10.2. The quantitative estimate of drug-likeness (QED) is 0.832. The molecule has 130 valence electrons. The van der Waals surface area contributed by atoms with Gasteiger partial charge < -0.3 is 15.0 Å². The van der Waals surface area contributed by atoms with Gasteiger partial charge in [-0.05, 0) is 43.0 Å². The Morgan fingerprint density at radius 2 is 2.20 bits per heavy atom. The number of methoxy groups -OCH3 is 1. The van der Waals surface area contributed by atoms with Crippen LogP contribution in [0.5, 0.6) is 5.75 Å². The number of carbonyl (C=O) groups excluding carboxylic acids is 2. The first-order valence-corrected chi connectivity index (χ1v) is 9.15. The molecule has 0 spiro atoms. The lowest BCUT2D eigenvalue weighted by molar-refractivity contribution is -0.117. The first-order valence-electron chi connectivity index (χ1n) is 7.93. The molecule has 0 aliphatic carbocycles. The van der Waals surface area contributed by atoms with E-state index in [1.807, 2.05) is 6.26 Å². The van der Waals surface area contributed by atoms with Gasteiger partial charge in [-0.3, -0.25) is 9.59 Å². The van der Waals surface area contributed by atoms with Crippen molar-refractivity contribution in [3.63, 3.8) is 0 Å². The fraction of sp³-hybridized carbons (Fsp3) is 0.278. The third-order valence-corrected chi connectivity index (χ3v) is 4.72. The molecule has 1 N–H and O–H groups in total. The zero-order valence-corrected chi connectivity index (χ0v) is 14.9. The zero-order chi connectivity index (χ0) is 17.8. The topological polar surface area (TPSA) is 71.5 Å². The fourth-order valence-electron chi connectivity index (χ4n) is 2.81. The third kappa shape index (κ3) is 3.61. The van der Waals surface area contributed by atoms with Gasteiger partial charge >= 0.3 is 0 Å². The number of carbonyl (C=O) groups is 2. The Bertz CT molecular complexity index is 810. The second-order valence-electron chi connectivity index (χ2n) is 5.55. The average molecular weight is 357 g/mol. The molecule has 1 aliphatic rings. The summed E-state index contributed by atoms with van der Waals surface area (Å²) in [7, 11) is 1.57. The number of aromatic nitrogens is 1. The van der Waals surface area contributed by atoms with Gasteiger partial charge in [-0.2, -0.15) is 0 Å². The van der Waals surface area contributed by atoms with E-state index in [-0.39, 0.29) is 11.8 Å². The monoisotopic (exact) mass is 357 g/mol. The van der Waals surface area contributed by atoms with Crippen molar-refractivity contribution >= 4 is 35.0 Å². The lowest BCUT2D eigenvalue weighted by Gasteiger charge is -2.20. The van der Waals surface area contributed by atoms with Crippen LogP contribution in [0.25, 0.3) is 0 Å². The maximum absolute atomic E-state index is 12.6. The number of anilines is 2. The molecule has 1 fully saturated rings. The molecule has 0 atom stereocenters. The summed E-state index contributed by atoms with van der Waals surface area (Å²) in [5.74, 6) is 0.444. The highest BCUT2D eigenvalue weighted by molar-refractivity contribution is 7.98. The van der Waals surface area contributed by atoms with E-state index in [0.717, 1.165) is 6.42 Å². The summed E-state index contributed by atoms with van der Waals surface area (Å²) in [6, 6.07) is 8.76. The Labute approximate surface area is 150 Å². The summed E-state index contributed by atoms with van der Waals surface area (Å²) in [6.45, 7) is 0.659. The van der Waals surface area contributed by atoms with E-state index in [1.54, 1.807) is 48.5 Å². The van der Waals surface area contributed by atoms with Crippen molar-refractivity contribution in [2.45, 2.75) is 17.9 Å². The molecule has 0 saturated carbocycles. The maximum atomic E-state index is 12.6. The van der Waals surface area contributed by atoms with E-state index < -0.39 is 0 Å². The Morgan fingerprint density at radius 3 is 2.88 bits per heavy atom. The molecule has 6 nitrogen and oxygen atoms in total. The largest absolute Gasteiger partial charge is 0.495 e. The van der Waals surface area contributed by atoms with Gasteiger partial charge in [-0.1, -0.05) is 0 Å². The number of benzene rings is 1. The maximum Gasteiger partial charge on any atom is 0.258 e. The normalized spacial score (nSPS) is 13.8. The van der Waals surface area contributed by atoms with E-state index >= 15 is 0 Å². The van der Waals surface area contributed by atoms with Crippen LogP contribution >= 0.6 is 11.8 Å². The molecular formula is C18H19N3O3S. The molecule has 0 bridgehead atoms. The van der Waals surface area contributed by atoms with E-state index in [9.17, 15) is 9.59 Å². The molecule has 2 aromatic rings. The number of rotatable bonds is 5. The second kappa shape index (κ2) is 7.57. The molecular weight excluding hydrogens is 338 g/mol. The van der Waals surface area contributed by atoms with Gasteiger partial charge in [0.25, 0.3) is 5.91 Å². The van der Waals surface area contributed by atoms with Gasteiger partial charge in [0.05, 0.1) is 18.4 Å². The number of hydrogen-bond donors (Lipinski definition) is 1. The number of nitrogens with zero attached hydrogens (tertiary/aromatic N) is 2. The Kier molecular flexibility index (Phi) is 5.23. The minimum atomic E-state index is -0.235. The molecule has 1 saturated heterocycles. The average Bonchev–Trinajstić information content (AvgIpc) is 3.07. The predicted octanol–water partition coefficient (Wildman–Crippen LogP) is 3.19. The molecule has 1 aromatic carbocycles. The number of hydrogen-bond acceptors (Lipinski definition) is 5. The Hall–Kier alpha value is -2.54. The predicted molar refractivity (Wildman–Crippen MR) is 98.6 cm³/mol. The molecule has 0 unspecified atom stereocenters. The standard InChI is InChI=1S/C18H19N3O3S/c1-24-15-8-7-12(11-14(15)21-10-4-6-16(21)22)20-17(23)13-5-3-9-19-18(13)25-2/h3,5,7-9,11H,4,6,10H2,1-2H3,(H,20,23). The van der Waals surface area contributed by atoms with Crippen molar-refractivity contribution in [3.05, 3.63) is 42.1 Å². The molecule has 7 heteroatoms. The summed E-state index contributed by atoms with van der Waals surface area (Å²) in [5, 5.41) is 3.55. The highest BCUT2D eigenvalue weighted by Gasteiger charge is 2.25. The van der Waals surface area contributed by atoms with Crippen LogP contribution in [0.1, 0.15) is 23.2 Å². The summed E-state index contributed by atoms with van der Waals surface area (Å²) < 4.78 is 5.37.